The lowest BCUT2D eigenvalue weighted by atomic mass is 9.94. The fourth-order valence-electron chi connectivity index (χ4n) is 5.62. The Bertz CT molecular complexity index is 1110. The molecule has 2 aliphatic heterocycles. The maximum Gasteiger partial charge on any atom is 0.257 e. The smallest absolute Gasteiger partial charge is 0.257 e. The highest BCUT2D eigenvalue weighted by Gasteiger charge is 2.31. The van der Waals surface area contributed by atoms with Crippen molar-refractivity contribution in [1.29, 1.82) is 0 Å². The number of amides is 2. The van der Waals surface area contributed by atoms with Crippen LogP contribution in [0.15, 0.2) is 42.5 Å². The number of nitrogens with zero attached hydrogens (tertiary/aromatic N) is 3. The second-order valence-corrected chi connectivity index (χ2v) is 11.0. The normalized spacial score (nSPS) is 19.6. The number of carbonyl (C=O) groups excluding carboxylic acids is 2. The van der Waals surface area contributed by atoms with E-state index >= 15 is 4.39 Å². The van der Waals surface area contributed by atoms with Gasteiger partial charge in [-0.1, -0.05) is 24.3 Å². The summed E-state index contributed by atoms with van der Waals surface area (Å²) < 4.78 is 29.0. The van der Waals surface area contributed by atoms with Crippen LogP contribution in [-0.4, -0.2) is 73.1 Å². The summed E-state index contributed by atoms with van der Waals surface area (Å²) in [6.07, 6.45) is 3.22. The molecule has 1 atom stereocenters. The first kappa shape index (κ1) is 27.0. The molecule has 0 aliphatic carbocycles. The third kappa shape index (κ3) is 6.47. The number of rotatable bonds is 7. The molecule has 2 amide bonds. The van der Waals surface area contributed by atoms with Gasteiger partial charge in [-0.3, -0.25) is 9.59 Å². The average molecular weight is 513 g/mol. The molecule has 0 saturated carbocycles. The van der Waals surface area contributed by atoms with Crippen molar-refractivity contribution in [3.63, 3.8) is 0 Å². The van der Waals surface area contributed by atoms with Gasteiger partial charge in [0.1, 0.15) is 11.5 Å². The fourth-order valence-corrected chi connectivity index (χ4v) is 5.62. The molecule has 2 fully saturated rings. The molecule has 2 aliphatic rings. The molecule has 0 unspecified atom stereocenters. The Morgan fingerprint density at radius 1 is 1.05 bits per heavy atom. The van der Waals surface area contributed by atoms with Crippen LogP contribution in [0.3, 0.4) is 0 Å². The predicted molar refractivity (Wildman–Crippen MR) is 143 cm³/mol. The largest absolute Gasteiger partial charge is 0.372 e. The summed E-state index contributed by atoms with van der Waals surface area (Å²) in [4.78, 5) is 31.0. The molecule has 0 spiro atoms. The SMILES string of the molecule is CN(c1ccc(-c2cccc(F)c2C(=O)N2CCC[C@@H](C(N)=O)C2)cc1)C1CCN(CC(C)(C)F)CC1. The molecule has 2 aromatic carbocycles. The number of halogens is 2. The van der Waals surface area contributed by atoms with E-state index in [1.165, 1.54) is 6.07 Å². The Hall–Kier alpha value is -3.00. The molecule has 37 heavy (non-hydrogen) atoms. The Labute approximate surface area is 218 Å². The van der Waals surface area contributed by atoms with Gasteiger partial charge in [0.05, 0.1) is 11.5 Å². The van der Waals surface area contributed by atoms with Crippen molar-refractivity contribution in [2.45, 2.75) is 51.2 Å². The Morgan fingerprint density at radius 2 is 1.73 bits per heavy atom. The Kier molecular flexibility index (Phi) is 8.17. The number of carbonyl (C=O) groups is 2. The summed E-state index contributed by atoms with van der Waals surface area (Å²) in [6.45, 7) is 6.11. The summed E-state index contributed by atoms with van der Waals surface area (Å²) in [7, 11) is 2.07. The number of benzene rings is 2. The Morgan fingerprint density at radius 3 is 2.35 bits per heavy atom. The summed E-state index contributed by atoms with van der Waals surface area (Å²) in [5, 5.41) is 0. The minimum Gasteiger partial charge on any atom is -0.372 e. The molecule has 8 heteroatoms. The van der Waals surface area contributed by atoms with Crippen molar-refractivity contribution in [3.8, 4) is 11.1 Å². The number of alkyl halides is 1. The number of anilines is 1. The van der Waals surface area contributed by atoms with Crippen LogP contribution in [0.4, 0.5) is 14.5 Å². The number of piperidine rings is 2. The van der Waals surface area contributed by atoms with Crippen molar-refractivity contribution < 1.29 is 18.4 Å². The number of likely N-dealkylation sites (tertiary alicyclic amines) is 2. The van der Waals surface area contributed by atoms with E-state index in [0.29, 0.717) is 37.5 Å². The molecule has 0 aromatic heterocycles. The van der Waals surface area contributed by atoms with Gasteiger partial charge in [-0.25, -0.2) is 8.78 Å². The lowest BCUT2D eigenvalue weighted by Gasteiger charge is -2.39. The standard InChI is InChI=1S/C29H38F2N4O2/c1-29(2,31)19-34-16-13-23(14-17-34)33(3)22-11-9-20(10-12-22)24-7-4-8-25(30)26(24)28(37)35-15-5-6-21(18-35)27(32)36/h4,7-12,21,23H,5-6,13-19H2,1-3H3,(H2,32,36)/t21-/m1/s1. The van der Waals surface area contributed by atoms with E-state index in [-0.39, 0.29) is 12.1 Å². The van der Waals surface area contributed by atoms with Gasteiger partial charge < -0.3 is 20.4 Å². The average Bonchev–Trinajstić information content (AvgIpc) is 2.87. The lowest BCUT2D eigenvalue weighted by Crippen LogP contribution is -2.46. The van der Waals surface area contributed by atoms with Gasteiger partial charge in [0, 0.05) is 51.5 Å². The second kappa shape index (κ2) is 11.2. The molecule has 6 nitrogen and oxygen atoms in total. The third-order valence-corrected chi connectivity index (χ3v) is 7.63. The fraction of sp³-hybridized carbons (Fsp3) is 0.517. The van der Waals surface area contributed by atoms with Crippen molar-refractivity contribution in [1.82, 2.24) is 9.80 Å². The van der Waals surface area contributed by atoms with Gasteiger partial charge in [0.25, 0.3) is 5.91 Å². The van der Waals surface area contributed by atoms with Crippen LogP contribution in [0.1, 0.15) is 49.9 Å². The highest BCUT2D eigenvalue weighted by atomic mass is 19.1. The van der Waals surface area contributed by atoms with E-state index in [4.69, 9.17) is 5.73 Å². The van der Waals surface area contributed by atoms with Crippen molar-refractivity contribution >= 4 is 17.5 Å². The number of primary amides is 1. The van der Waals surface area contributed by atoms with E-state index in [0.717, 1.165) is 37.2 Å². The first-order valence-electron chi connectivity index (χ1n) is 13.1. The predicted octanol–water partition coefficient (Wildman–Crippen LogP) is 4.48. The molecular weight excluding hydrogens is 474 g/mol. The van der Waals surface area contributed by atoms with Crippen LogP contribution in [0.2, 0.25) is 0 Å². The zero-order valence-electron chi connectivity index (χ0n) is 22.1. The monoisotopic (exact) mass is 512 g/mol. The molecule has 0 radical (unpaired) electrons. The van der Waals surface area contributed by atoms with E-state index in [2.05, 4.69) is 16.8 Å². The number of hydrogen-bond acceptors (Lipinski definition) is 4. The molecule has 2 N–H and O–H groups in total. The zero-order chi connectivity index (χ0) is 26.7. The summed E-state index contributed by atoms with van der Waals surface area (Å²) in [5.41, 5.74) is 6.63. The van der Waals surface area contributed by atoms with Crippen LogP contribution in [0.5, 0.6) is 0 Å². The van der Waals surface area contributed by atoms with Gasteiger partial charge in [-0.2, -0.15) is 0 Å². The molecule has 2 aromatic rings. The van der Waals surface area contributed by atoms with Crippen molar-refractivity contribution in [2.75, 3.05) is 44.7 Å². The molecule has 2 heterocycles. The highest BCUT2D eigenvalue weighted by molar-refractivity contribution is 6.01. The maximum atomic E-state index is 15.0. The zero-order valence-corrected chi connectivity index (χ0v) is 22.1. The molecule has 4 rings (SSSR count). The van der Waals surface area contributed by atoms with Gasteiger partial charge in [-0.05, 0) is 68.9 Å². The lowest BCUT2D eigenvalue weighted by molar-refractivity contribution is -0.123. The minimum atomic E-state index is -1.19. The van der Waals surface area contributed by atoms with Crippen LogP contribution in [0.25, 0.3) is 11.1 Å². The topological polar surface area (TPSA) is 69.9 Å². The molecule has 0 bridgehead atoms. The molecule has 2 saturated heterocycles. The number of hydrogen-bond donors (Lipinski definition) is 1. The Balaban J connectivity index is 1.48. The van der Waals surface area contributed by atoms with Gasteiger partial charge in [-0.15, -0.1) is 0 Å². The molecule has 200 valence electrons. The van der Waals surface area contributed by atoms with Crippen LogP contribution >= 0.6 is 0 Å². The molecular formula is C29H38F2N4O2. The number of nitrogens with two attached hydrogens (primary N) is 1. The van der Waals surface area contributed by atoms with Crippen LogP contribution < -0.4 is 10.6 Å². The highest BCUT2D eigenvalue weighted by Crippen LogP contribution is 2.31. The minimum absolute atomic E-state index is 0.0249. The van der Waals surface area contributed by atoms with Gasteiger partial charge >= 0.3 is 0 Å². The van der Waals surface area contributed by atoms with Crippen LogP contribution in [-0.2, 0) is 4.79 Å². The van der Waals surface area contributed by atoms with E-state index in [1.54, 1.807) is 30.9 Å². The first-order chi connectivity index (χ1) is 17.5. The maximum absolute atomic E-state index is 15.0. The van der Waals surface area contributed by atoms with Gasteiger partial charge in [0.2, 0.25) is 5.91 Å². The summed E-state index contributed by atoms with van der Waals surface area (Å²) >= 11 is 0. The van der Waals surface area contributed by atoms with E-state index in [9.17, 15) is 14.0 Å². The first-order valence-corrected chi connectivity index (χ1v) is 13.1. The van der Waals surface area contributed by atoms with E-state index in [1.807, 2.05) is 24.3 Å². The second-order valence-electron chi connectivity index (χ2n) is 11.0. The van der Waals surface area contributed by atoms with Crippen LogP contribution in [0, 0.1) is 11.7 Å². The van der Waals surface area contributed by atoms with Crippen molar-refractivity contribution in [2.24, 2.45) is 11.7 Å². The third-order valence-electron chi connectivity index (χ3n) is 7.63. The quantitative estimate of drug-likeness (QED) is 0.594. The van der Waals surface area contributed by atoms with E-state index < -0.39 is 29.2 Å². The van der Waals surface area contributed by atoms with Gasteiger partial charge in [0.15, 0.2) is 0 Å². The summed E-state index contributed by atoms with van der Waals surface area (Å²) in [6, 6.07) is 12.8. The summed E-state index contributed by atoms with van der Waals surface area (Å²) in [5.74, 6) is -1.82. The van der Waals surface area contributed by atoms with Crippen molar-refractivity contribution in [3.05, 3.63) is 53.8 Å².